The van der Waals surface area contributed by atoms with Crippen LogP contribution in [0.25, 0.3) is 0 Å². The Morgan fingerprint density at radius 2 is 1.32 bits per heavy atom. The van der Waals surface area contributed by atoms with E-state index in [0.717, 1.165) is 0 Å². The van der Waals surface area contributed by atoms with Crippen LogP contribution in [0.2, 0.25) is 0 Å². The topological polar surface area (TPSA) is 101 Å². The number of rotatable bonds is 7. The number of hydrogen-bond donors (Lipinski definition) is 2. The molecule has 0 aromatic heterocycles. The molecule has 6 nitrogen and oxygen atoms in total. The van der Waals surface area contributed by atoms with Crippen molar-refractivity contribution in [1.29, 1.82) is 0 Å². The fraction of sp³-hybridized carbons (Fsp3) is 0.182. The Balaban J connectivity index is 2.73. The molecule has 0 heterocycles. The molecule has 3 aromatic rings. The summed E-state index contributed by atoms with van der Waals surface area (Å²) in [5.41, 5.74) is -4.90. The molecule has 0 unspecified atom stereocenters. The Labute approximate surface area is 195 Å². The first kappa shape index (κ1) is 26.5. The van der Waals surface area contributed by atoms with Gasteiger partial charge in [-0.2, -0.15) is 0 Å². The summed E-state index contributed by atoms with van der Waals surface area (Å²) in [5, 5.41) is -0.145. The van der Waals surface area contributed by atoms with Crippen molar-refractivity contribution in [2.45, 2.75) is 19.4 Å². The van der Waals surface area contributed by atoms with Gasteiger partial charge in [0.05, 0.1) is 0 Å². The van der Waals surface area contributed by atoms with Crippen molar-refractivity contribution >= 4 is 40.5 Å². The Kier molecular flexibility index (Phi) is 6.92. The van der Waals surface area contributed by atoms with Crippen molar-refractivity contribution in [3.8, 4) is 0 Å². The summed E-state index contributed by atoms with van der Waals surface area (Å²) in [7, 11) is -11.6. The summed E-state index contributed by atoms with van der Waals surface area (Å²) in [6.07, 6.45) is 0. The van der Waals surface area contributed by atoms with E-state index in [1.807, 2.05) is 0 Å². The monoisotopic (exact) mass is 534 g/mol. The van der Waals surface area contributed by atoms with Crippen molar-refractivity contribution in [2.75, 3.05) is 5.90 Å². The van der Waals surface area contributed by atoms with E-state index in [2.05, 4.69) is 0 Å². The van der Waals surface area contributed by atoms with Gasteiger partial charge in [0, 0.05) is 0 Å². The molecular weight excluding hydrogens is 511 g/mol. The van der Waals surface area contributed by atoms with Crippen molar-refractivity contribution in [2.24, 2.45) is 0 Å². The van der Waals surface area contributed by atoms with Gasteiger partial charge in [-0.15, -0.1) is 0 Å². The summed E-state index contributed by atoms with van der Waals surface area (Å²) in [6.45, 7) is -2.32. The molecule has 0 aliphatic rings. The fourth-order valence-electron chi connectivity index (χ4n) is 4.16. The van der Waals surface area contributed by atoms with E-state index in [1.54, 1.807) is 32.0 Å². The first-order valence-electron chi connectivity index (χ1n) is 9.90. The molecule has 0 amide bonds. The SMILES string of the molecule is Cc1cccc(P(CP(=O)(O)O)(OS(=O)(=O)C(F)(F)F)(c2ccccc2)c2ccccc2)c1C. The minimum atomic E-state index is -6.35. The molecule has 0 bridgehead atoms. The van der Waals surface area contributed by atoms with Gasteiger partial charge in [0.1, 0.15) is 0 Å². The molecule has 0 fully saturated rings. The Hall–Kier alpha value is -2.06. The van der Waals surface area contributed by atoms with Crippen LogP contribution >= 0.6 is 14.4 Å². The van der Waals surface area contributed by atoms with Gasteiger partial charge in [0.2, 0.25) is 0 Å². The molecule has 184 valence electrons. The van der Waals surface area contributed by atoms with E-state index in [-0.39, 0.29) is 15.9 Å². The molecular formula is C22H23F3O6P2S. The number of hydrogen-bond acceptors (Lipinski definition) is 4. The average Bonchev–Trinajstić information content (AvgIpc) is 2.74. The van der Waals surface area contributed by atoms with Crippen molar-refractivity contribution in [3.05, 3.63) is 90.0 Å². The van der Waals surface area contributed by atoms with Gasteiger partial charge >= 0.3 is 196 Å². The van der Waals surface area contributed by atoms with E-state index in [4.69, 9.17) is 3.97 Å². The minimum absolute atomic E-state index is 0.0143. The maximum absolute atomic E-state index is 13.8. The van der Waals surface area contributed by atoms with Crippen LogP contribution in [-0.4, -0.2) is 29.6 Å². The van der Waals surface area contributed by atoms with Crippen LogP contribution in [0.15, 0.2) is 78.9 Å². The molecule has 0 aliphatic heterocycles. The first-order valence-corrected chi connectivity index (χ1v) is 15.4. The normalized spacial score (nSPS) is 14.4. The van der Waals surface area contributed by atoms with Gasteiger partial charge in [0.25, 0.3) is 0 Å². The molecule has 0 saturated heterocycles. The zero-order chi connectivity index (χ0) is 25.4. The standard InChI is InChI=1S/C22H23F3O6P2S/c1-17-10-9-15-21(18(17)2)33(16-32(26,27)28,19-11-5-3-6-12-19,20-13-7-4-8-14-20)31-34(29,30)22(23,24)25/h3-15H,16H2,1-2H3,(H2,26,27,28). The predicted molar refractivity (Wildman–Crippen MR) is 128 cm³/mol. The van der Waals surface area contributed by atoms with Crippen LogP contribution in [0.1, 0.15) is 11.1 Å². The van der Waals surface area contributed by atoms with Crippen LogP contribution in [0.4, 0.5) is 13.2 Å². The molecule has 3 aromatic carbocycles. The van der Waals surface area contributed by atoms with Crippen LogP contribution in [0, 0.1) is 13.8 Å². The number of alkyl halides is 3. The third-order valence-corrected chi connectivity index (χ3v) is 16.3. The van der Waals surface area contributed by atoms with Crippen LogP contribution in [-0.2, 0) is 18.7 Å². The van der Waals surface area contributed by atoms with Gasteiger partial charge in [-0.25, -0.2) is 0 Å². The number of aryl methyl sites for hydroxylation is 1. The molecule has 0 aliphatic carbocycles. The molecule has 0 spiro atoms. The molecule has 12 heteroatoms. The van der Waals surface area contributed by atoms with Gasteiger partial charge in [-0.1, -0.05) is 0 Å². The molecule has 2 N–H and O–H groups in total. The molecule has 0 atom stereocenters. The molecule has 0 radical (unpaired) electrons. The number of benzene rings is 3. The third-order valence-electron chi connectivity index (χ3n) is 5.69. The van der Waals surface area contributed by atoms with Gasteiger partial charge in [-0.05, 0) is 0 Å². The summed E-state index contributed by atoms with van der Waals surface area (Å²) in [6, 6.07) is 18.8. The van der Waals surface area contributed by atoms with Gasteiger partial charge in [0.15, 0.2) is 0 Å². The van der Waals surface area contributed by atoms with E-state index < -0.39 is 36.0 Å². The van der Waals surface area contributed by atoms with Crippen molar-refractivity contribution in [3.63, 3.8) is 0 Å². The second kappa shape index (κ2) is 8.86. The van der Waals surface area contributed by atoms with Gasteiger partial charge < -0.3 is 0 Å². The summed E-state index contributed by atoms with van der Waals surface area (Å²) >= 11 is 0. The summed E-state index contributed by atoms with van der Waals surface area (Å²) < 4.78 is 84.8. The molecule has 0 saturated carbocycles. The zero-order valence-corrected chi connectivity index (χ0v) is 20.8. The zero-order valence-electron chi connectivity index (χ0n) is 18.2. The Morgan fingerprint density at radius 3 is 1.74 bits per heavy atom. The quantitative estimate of drug-likeness (QED) is 0.351. The van der Waals surface area contributed by atoms with Gasteiger partial charge in [-0.3, -0.25) is 0 Å². The van der Waals surface area contributed by atoms with E-state index in [1.165, 1.54) is 60.7 Å². The first-order chi connectivity index (χ1) is 15.6. The second-order valence-corrected chi connectivity index (χ2v) is 16.3. The van der Waals surface area contributed by atoms with Crippen LogP contribution < -0.4 is 15.9 Å². The van der Waals surface area contributed by atoms with E-state index in [9.17, 15) is 35.9 Å². The third kappa shape index (κ3) is 4.47. The predicted octanol–water partition coefficient (Wildman–Crippen LogP) is 4.05. The van der Waals surface area contributed by atoms with Crippen LogP contribution in [0.3, 0.4) is 0 Å². The van der Waals surface area contributed by atoms with Crippen LogP contribution in [0.5, 0.6) is 0 Å². The second-order valence-electron chi connectivity index (χ2n) is 7.88. The fourth-order valence-corrected chi connectivity index (χ4v) is 16.3. The Bertz CT molecular complexity index is 1300. The maximum atomic E-state index is 13.8. The molecule has 34 heavy (non-hydrogen) atoms. The summed E-state index contributed by atoms with van der Waals surface area (Å²) in [5.74, 6) is -1.29. The number of halogens is 3. The average molecular weight is 534 g/mol. The van der Waals surface area contributed by atoms with E-state index >= 15 is 0 Å². The Morgan fingerprint density at radius 1 is 0.853 bits per heavy atom. The van der Waals surface area contributed by atoms with Crippen molar-refractivity contribution in [1.82, 2.24) is 0 Å². The van der Waals surface area contributed by atoms with Crippen molar-refractivity contribution < 1.29 is 39.9 Å². The molecule has 3 rings (SSSR count). The van der Waals surface area contributed by atoms with E-state index in [0.29, 0.717) is 11.1 Å². The summed E-state index contributed by atoms with van der Waals surface area (Å²) in [4.78, 5) is 20.5.